The topological polar surface area (TPSA) is 49.8 Å². The van der Waals surface area contributed by atoms with E-state index in [9.17, 15) is 9.90 Å². The number of anilines is 1. The molecule has 4 nitrogen and oxygen atoms in total. The lowest BCUT2D eigenvalue weighted by Crippen LogP contribution is -2.37. The monoisotopic (exact) mass is 299 g/mol. The van der Waals surface area contributed by atoms with Gasteiger partial charge in [-0.05, 0) is 19.1 Å². The van der Waals surface area contributed by atoms with Gasteiger partial charge < -0.3 is 14.7 Å². The Labute approximate surface area is 131 Å². The molecule has 0 bridgehead atoms. The number of Topliss-reactive ketones (excluding diaryl/α,β-unsaturated/α-hetero) is 1. The van der Waals surface area contributed by atoms with Gasteiger partial charge in [0.15, 0.2) is 5.78 Å². The van der Waals surface area contributed by atoms with Crippen LogP contribution in [0.4, 0.5) is 5.69 Å². The van der Waals surface area contributed by atoms with Crippen molar-refractivity contribution in [2.75, 3.05) is 25.1 Å². The van der Waals surface area contributed by atoms with Gasteiger partial charge in [-0.1, -0.05) is 36.4 Å². The molecular weight excluding hydrogens is 278 g/mol. The van der Waals surface area contributed by atoms with E-state index in [2.05, 4.69) is 0 Å². The summed E-state index contributed by atoms with van der Waals surface area (Å²) in [4.78, 5) is 14.2. The zero-order chi connectivity index (χ0) is 15.9. The van der Waals surface area contributed by atoms with E-state index in [-0.39, 0.29) is 12.3 Å². The number of ether oxygens (including phenoxy) is 1. The van der Waals surface area contributed by atoms with Gasteiger partial charge >= 0.3 is 0 Å². The van der Waals surface area contributed by atoms with E-state index in [4.69, 9.17) is 4.74 Å². The van der Waals surface area contributed by atoms with E-state index in [0.717, 1.165) is 11.4 Å². The number of likely N-dealkylation sites (N-methyl/N-ethyl adjacent to an activating group) is 1. The molecule has 0 heterocycles. The van der Waals surface area contributed by atoms with Gasteiger partial charge in [0.2, 0.25) is 0 Å². The van der Waals surface area contributed by atoms with Crippen LogP contribution >= 0.6 is 0 Å². The number of carbonyl (C=O) groups excluding carboxylic acids is 1. The molecule has 2 rings (SSSR count). The Bertz CT molecular complexity index is 613. The first-order valence-electron chi connectivity index (χ1n) is 7.32. The third-order valence-corrected chi connectivity index (χ3v) is 3.55. The Hall–Kier alpha value is -2.33. The molecule has 1 N–H and O–H groups in total. The minimum absolute atomic E-state index is 0.247. The Balaban J connectivity index is 2.10. The van der Waals surface area contributed by atoms with E-state index in [1.807, 2.05) is 42.2 Å². The van der Waals surface area contributed by atoms with Crippen LogP contribution in [0, 0.1) is 0 Å². The highest BCUT2D eigenvalue weighted by Gasteiger charge is 2.20. The second kappa shape index (κ2) is 7.61. The summed E-state index contributed by atoms with van der Waals surface area (Å²) >= 11 is 0. The number of benzene rings is 2. The lowest BCUT2D eigenvalue weighted by atomic mass is 10.1. The number of carbonyl (C=O) groups is 1. The number of rotatable bonds is 7. The number of nitrogens with zero attached hydrogens (tertiary/aromatic N) is 1. The van der Waals surface area contributed by atoms with Gasteiger partial charge in [-0.25, -0.2) is 0 Å². The SMILES string of the molecule is CCN(CC(O)C(=O)c1ccccc1)c1cccc(OC)c1. The van der Waals surface area contributed by atoms with Crippen LogP contribution in [-0.4, -0.2) is 37.2 Å². The van der Waals surface area contributed by atoms with E-state index in [1.165, 1.54) is 0 Å². The van der Waals surface area contributed by atoms with Crippen molar-refractivity contribution in [1.82, 2.24) is 0 Å². The van der Waals surface area contributed by atoms with Crippen LogP contribution in [0.1, 0.15) is 17.3 Å². The summed E-state index contributed by atoms with van der Waals surface area (Å²) in [5.41, 5.74) is 1.44. The first-order valence-corrected chi connectivity index (χ1v) is 7.32. The molecule has 2 aromatic rings. The van der Waals surface area contributed by atoms with Crippen molar-refractivity contribution in [3.63, 3.8) is 0 Å². The maximum Gasteiger partial charge on any atom is 0.193 e. The second-order valence-electron chi connectivity index (χ2n) is 4.99. The molecule has 22 heavy (non-hydrogen) atoms. The molecule has 0 saturated heterocycles. The van der Waals surface area contributed by atoms with E-state index in [1.54, 1.807) is 31.4 Å². The zero-order valence-corrected chi connectivity index (χ0v) is 12.9. The molecule has 4 heteroatoms. The molecule has 0 amide bonds. The average molecular weight is 299 g/mol. The quantitative estimate of drug-likeness (QED) is 0.799. The molecule has 0 saturated carbocycles. The summed E-state index contributed by atoms with van der Waals surface area (Å²) in [6.07, 6.45) is -1.06. The van der Waals surface area contributed by atoms with Gasteiger partial charge in [0.05, 0.1) is 13.7 Å². The van der Waals surface area contributed by atoms with Crippen molar-refractivity contribution in [3.05, 3.63) is 60.2 Å². The summed E-state index contributed by atoms with van der Waals surface area (Å²) in [5, 5.41) is 10.2. The van der Waals surface area contributed by atoms with Gasteiger partial charge in [0, 0.05) is 23.9 Å². The van der Waals surface area contributed by atoms with Crippen LogP contribution < -0.4 is 9.64 Å². The van der Waals surface area contributed by atoms with Crippen molar-refractivity contribution >= 4 is 11.5 Å². The number of aliphatic hydroxyl groups excluding tert-OH is 1. The van der Waals surface area contributed by atoms with E-state index >= 15 is 0 Å². The van der Waals surface area contributed by atoms with Gasteiger partial charge in [-0.2, -0.15) is 0 Å². The smallest absolute Gasteiger partial charge is 0.193 e. The third kappa shape index (κ3) is 3.86. The van der Waals surface area contributed by atoms with Crippen LogP contribution in [0.25, 0.3) is 0 Å². The van der Waals surface area contributed by atoms with E-state index in [0.29, 0.717) is 12.1 Å². The van der Waals surface area contributed by atoms with Crippen LogP contribution in [0.3, 0.4) is 0 Å². The Morgan fingerprint density at radius 3 is 2.55 bits per heavy atom. The molecule has 1 unspecified atom stereocenters. The molecule has 0 aliphatic rings. The average Bonchev–Trinajstić information content (AvgIpc) is 2.59. The molecule has 0 aliphatic carbocycles. The molecule has 0 aromatic heterocycles. The Kier molecular flexibility index (Phi) is 5.55. The number of aliphatic hydroxyl groups is 1. The summed E-state index contributed by atoms with van der Waals surface area (Å²) in [7, 11) is 1.61. The Morgan fingerprint density at radius 1 is 1.18 bits per heavy atom. The minimum atomic E-state index is -1.06. The predicted molar refractivity (Wildman–Crippen MR) is 87.7 cm³/mol. The first-order chi connectivity index (χ1) is 10.7. The zero-order valence-electron chi connectivity index (χ0n) is 12.9. The lowest BCUT2D eigenvalue weighted by molar-refractivity contribution is 0.0759. The lowest BCUT2D eigenvalue weighted by Gasteiger charge is -2.25. The number of ketones is 1. The van der Waals surface area contributed by atoms with Gasteiger partial charge in [-0.15, -0.1) is 0 Å². The number of hydrogen-bond donors (Lipinski definition) is 1. The minimum Gasteiger partial charge on any atom is -0.497 e. The molecular formula is C18H21NO3. The second-order valence-corrected chi connectivity index (χ2v) is 4.99. The highest BCUT2D eigenvalue weighted by molar-refractivity contribution is 5.99. The number of methoxy groups -OCH3 is 1. The van der Waals surface area contributed by atoms with Crippen LogP contribution in [0.15, 0.2) is 54.6 Å². The summed E-state index contributed by atoms with van der Waals surface area (Å²) < 4.78 is 5.22. The summed E-state index contributed by atoms with van der Waals surface area (Å²) in [6.45, 7) is 2.92. The largest absolute Gasteiger partial charge is 0.497 e. The fourth-order valence-corrected chi connectivity index (χ4v) is 2.31. The fourth-order valence-electron chi connectivity index (χ4n) is 2.31. The van der Waals surface area contributed by atoms with Gasteiger partial charge in [-0.3, -0.25) is 4.79 Å². The first kappa shape index (κ1) is 16.0. The molecule has 0 aliphatic heterocycles. The summed E-state index contributed by atoms with van der Waals surface area (Å²) in [6, 6.07) is 16.4. The summed E-state index contributed by atoms with van der Waals surface area (Å²) in [5.74, 6) is 0.488. The standard InChI is InChI=1S/C18H21NO3/c1-3-19(15-10-7-11-16(12-15)22-2)13-17(20)18(21)14-8-5-4-6-9-14/h4-12,17,20H,3,13H2,1-2H3. The van der Waals surface area contributed by atoms with Crippen LogP contribution in [0.2, 0.25) is 0 Å². The highest BCUT2D eigenvalue weighted by Crippen LogP contribution is 2.21. The molecule has 0 fully saturated rings. The van der Waals surface area contributed by atoms with Gasteiger partial charge in [0.25, 0.3) is 0 Å². The van der Waals surface area contributed by atoms with Crippen molar-refractivity contribution < 1.29 is 14.6 Å². The number of hydrogen-bond acceptors (Lipinski definition) is 4. The normalized spacial score (nSPS) is 11.8. The predicted octanol–water partition coefficient (Wildman–Crippen LogP) is 2.77. The van der Waals surface area contributed by atoms with Crippen molar-refractivity contribution in [1.29, 1.82) is 0 Å². The molecule has 0 spiro atoms. The maximum absolute atomic E-state index is 12.2. The van der Waals surface area contributed by atoms with E-state index < -0.39 is 6.10 Å². The van der Waals surface area contributed by atoms with Crippen LogP contribution in [0.5, 0.6) is 5.75 Å². The van der Waals surface area contributed by atoms with Crippen molar-refractivity contribution in [2.24, 2.45) is 0 Å². The maximum atomic E-state index is 12.2. The molecule has 1 atom stereocenters. The van der Waals surface area contributed by atoms with Crippen molar-refractivity contribution in [2.45, 2.75) is 13.0 Å². The Morgan fingerprint density at radius 2 is 1.91 bits per heavy atom. The highest BCUT2D eigenvalue weighted by atomic mass is 16.5. The van der Waals surface area contributed by atoms with Crippen LogP contribution in [-0.2, 0) is 0 Å². The molecule has 2 aromatic carbocycles. The molecule has 0 radical (unpaired) electrons. The van der Waals surface area contributed by atoms with Gasteiger partial charge in [0.1, 0.15) is 11.9 Å². The third-order valence-electron chi connectivity index (χ3n) is 3.55. The fraction of sp³-hybridized carbons (Fsp3) is 0.278. The van der Waals surface area contributed by atoms with Crippen molar-refractivity contribution in [3.8, 4) is 5.75 Å². The molecule has 116 valence electrons.